The molecule has 1 heterocycles. The van der Waals surface area contributed by atoms with Gasteiger partial charge in [0.15, 0.2) is 5.78 Å². The molecule has 6 aliphatic rings. The van der Waals surface area contributed by atoms with Crippen molar-refractivity contribution >= 4 is 15.8 Å². The molecule has 0 atom stereocenters. The summed E-state index contributed by atoms with van der Waals surface area (Å²) in [4.78, 5) is 12.8. The highest BCUT2D eigenvalue weighted by Crippen LogP contribution is 2.60. The van der Waals surface area contributed by atoms with Crippen LogP contribution in [-0.4, -0.2) is 44.0 Å². The van der Waals surface area contributed by atoms with Crippen molar-refractivity contribution in [1.29, 1.82) is 0 Å². The number of carbonyl (C=O) groups is 1. The molecule has 1 aromatic carbocycles. The Balaban J connectivity index is 1.23. The molecule has 0 unspecified atom stereocenters. The zero-order valence-electron chi connectivity index (χ0n) is 19.2. The second kappa shape index (κ2) is 8.04. The lowest BCUT2D eigenvalue weighted by molar-refractivity contribution is -0.0747. The fourth-order valence-electron chi connectivity index (χ4n) is 7.55. The zero-order chi connectivity index (χ0) is 22.8. The maximum absolute atomic E-state index is 15.1. The van der Waals surface area contributed by atoms with Crippen molar-refractivity contribution in [3.8, 4) is 5.75 Å². The van der Waals surface area contributed by atoms with E-state index in [9.17, 15) is 13.2 Å². The summed E-state index contributed by atoms with van der Waals surface area (Å²) in [5.41, 5.74) is 1.00. The minimum atomic E-state index is -3.67. The Morgan fingerprint density at radius 3 is 2.18 bits per heavy atom. The van der Waals surface area contributed by atoms with E-state index in [0.717, 1.165) is 49.0 Å². The number of Topliss-reactive ketones (excluding diaryl/α,β-unsaturated/α-hetero) is 1. The SMILES string of the molecule is O=C(CS(=O)(=O)N1CCC1)c1cc(C2CCC2)c(OCC23CC4CC(CC(C4)C2)C3)cc1F. The van der Waals surface area contributed by atoms with Crippen molar-refractivity contribution < 1.29 is 22.3 Å². The number of carbonyl (C=O) groups excluding carboxylic acids is 1. The monoisotopic (exact) mass is 475 g/mol. The van der Waals surface area contributed by atoms with Crippen molar-refractivity contribution in [3.63, 3.8) is 0 Å². The van der Waals surface area contributed by atoms with Gasteiger partial charge in [-0.25, -0.2) is 17.1 Å². The van der Waals surface area contributed by atoms with E-state index in [-0.39, 0.29) is 16.9 Å². The van der Waals surface area contributed by atoms with E-state index in [1.54, 1.807) is 6.07 Å². The lowest BCUT2D eigenvalue weighted by atomic mass is 9.50. The van der Waals surface area contributed by atoms with E-state index in [1.807, 2.05) is 0 Å². The lowest BCUT2D eigenvalue weighted by Gasteiger charge is -2.56. The molecule has 5 saturated carbocycles. The summed E-state index contributed by atoms with van der Waals surface area (Å²) in [5.74, 6) is 1.32. The molecule has 1 aliphatic heterocycles. The van der Waals surface area contributed by atoms with E-state index in [0.29, 0.717) is 25.4 Å². The van der Waals surface area contributed by atoms with Crippen LogP contribution in [0.1, 0.15) is 86.0 Å². The number of hydrogen-bond acceptors (Lipinski definition) is 4. The van der Waals surface area contributed by atoms with Gasteiger partial charge in [0, 0.05) is 24.6 Å². The Morgan fingerprint density at radius 2 is 1.67 bits per heavy atom. The molecular weight excluding hydrogens is 441 g/mol. The second-order valence-corrected chi connectivity index (χ2v) is 13.6. The van der Waals surface area contributed by atoms with E-state index < -0.39 is 27.4 Å². The molecule has 33 heavy (non-hydrogen) atoms. The Morgan fingerprint density at radius 1 is 1.03 bits per heavy atom. The first kappa shape index (κ1) is 22.0. The van der Waals surface area contributed by atoms with Crippen molar-refractivity contribution in [1.82, 2.24) is 4.31 Å². The van der Waals surface area contributed by atoms with Gasteiger partial charge >= 0.3 is 0 Å². The van der Waals surface area contributed by atoms with Gasteiger partial charge in [-0.1, -0.05) is 6.42 Å². The lowest BCUT2D eigenvalue weighted by Crippen LogP contribution is -2.48. The third-order valence-electron chi connectivity index (χ3n) is 9.17. The largest absolute Gasteiger partial charge is 0.493 e. The highest BCUT2D eigenvalue weighted by Gasteiger charge is 2.51. The standard InChI is InChI=1S/C26H34FNO4S/c27-23-11-25(32-16-26-12-17-7-18(13-26)9-19(8-17)14-26)21(20-3-1-4-20)10-22(23)24(29)15-33(30,31)28-5-2-6-28/h10-11,17-20H,1-9,12-16H2. The third kappa shape index (κ3) is 4.03. The van der Waals surface area contributed by atoms with E-state index in [2.05, 4.69) is 0 Å². The molecular formula is C26H34FNO4S. The first-order valence-electron chi connectivity index (χ1n) is 12.8. The van der Waals surface area contributed by atoms with Crippen LogP contribution in [0.3, 0.4) is 0 Å². The normalized spacial score (nSPS) is 33.5. The zero-order valence-corrected chi connectivity index (χ0v) is 20.0. The van der Waals surface area contributed by atoms with Crippen molar-refractivity contribution in [2.24, 2.45) is 23.2 Å². The van der Waals surface area contributed by atoms with Crippen LogP contribution in [0.5, 0.6) is 5.75 Å². The van der Waals surface area contributed by atoms with Crippen LogP contribution >= 0.6 is 0 Å². The predicted molar refractivity (Wildman–Crippen MR) is 123 cm³/mol. The number of hydrogen-bond donors (Lipinski definition) is 0. The molecule has 1 saturated heterocycles. The molecule has 0 radical (unpaired) electrons. The van der Waals surface area contributed by atoms with Crippen LogP contribution in [0, 0.1) is 29.0 Å². The first-order valence-corrected chi connectivity index (χ1v) is 14.4. The topological polar surface area (TPSA) is 63.7 Å². The molecule has 180 valence electrons. The summed E-state index contributed by atoms with van der Waals surface area (Å²) >= 11 is 0. The summed E-state index contributed by atoms with van der Waals surface area (Å²) in [6.07, 6.45) is 11.7. The number of ether oxygens (including phenoxy) is 1. The number of halogens is 1. The van der Waals surface area contributed by atoms with E-state index in [4.69, 9.17) is 4.74 Å². The Bertz CT molecular complexity index is 1030. The average molecular weight is 476 g/mol. The molecule has 5 aliphatic carbocycles. The van der Waals surface area contributed by atoms with Crippen LogP contribution in [0.4, 0.5) is 4.39 Å². The summed E-state index contributed by atoms with van der Waals surface area (Å²) in [6.45, 7) is 1.53. The van der Waals surface area contributed by atoms with Gasteiger partial charge in [-0.15, -0.1) is 0 Å². The second-order valence-electron chi connectivity index (χ2n) is 11.6. The minimum absolute atomic E-state index is 0.108. The van der Waals surface area contributed by atoms with Crippen molar-refractivity contribution in [3.05, 3.63) is 29.1 Å². The maximum atomic E-state index is 15.1. The smallest absolute Gasteiger partial charge is 0.221 e. The molecule has 0 amide bonds. The Kier molecular flexibility index (Phi) is 5.37. The fraction of sp³-hybridized carbons (Fsp3) is 0.731. The molecule has 4 bridgehead atoms. The number of benzene rings is 1. The Labute approximate surface area is 196 Å². The van der Waals surface area contributed by atoms with Gasteiger partial charge in [-0.3, -0.25) is 4.79 Å². The number of rotatable bonds is 8. The number of sulfonamides is 1. The quantitative estimate of drug-likeness (QED) is 0.502. The number of ketones is 1. The summed E-state index contributed by atoms with van der Waals surface area (Å²) < 4.78 is 47.7. The van der Waals surface area contributed by atoms with Gasteiger partial charge in [-0.05, 0) is 93.1 Å². The van der Waals surface area contributed by atoms with Gasteiger partial charge in [0.2, 0.25) is 10.0 Å². The predicted octanol–water partition coefficient (Wildman–Crippen LogP) is 4.91. The molecule has 7 heteroatoms. The van der Waals surface area contributed by atoms with Gasteiger partial charge in [0.25, 0.3) is 0 Å². The third-order valence-corrected chi connectivity index (χ3v) is 10.9. The number of nitrogens with zero attached hydrogens (tertiary/aromatic N) is 1. The summed E-state index contributed by atoms with van der Waals surface area (Å²) in [5, 5.41) is 0. The molecule has 5 nitrogen and oxygen atoms in total. The van der Waals surface area contributed by atoms with Gasteiger partial charge < -0.3 is 4.74 Å². The van der Waals surface area contributed by atoms with Gasteiger partial charge in [-0.2, -0.15) is 0 Å². The molecule has 0 N–H and O–H groups in total. The molecule has 6 fully saturated rings. The summed E-state index contributed by atoms with van der Waals surface area (Å²) in [6, 6.07) is 2.96. The van der Waals surface area contributed by atoms with Gasteiger partial charge in [0.05, 0.1) is 12.2 Å². The fourth-order valence-corrected chi connectivity index (χ4v) is 9.03. The molecule has 0 aromatic heterocycles. The van der Waals surface area contributed by atoms with Gasteiger partial charge in [0.1, 0.15) is 17.3 Å². The Hall–Kier alpha value is -1.47. The van der Waals surface area contributed by atoms with Crippen molar-refractivity contribution in [2.75, 3.05) is 25.4 Å². The highest BCUT2D eigenvalue weighted by atomic mass is 32.2. The van der Waals surface area contributed by atoms with E-state index in [1.165, 1.54) is 48.9 Å². The minimum Gasteiger partial charge on any atom is -0.493 e. The maximum Gasteiger partial charge on any atom is 0.221 e. The average Bonchev–Trinajstić information content (AvgIpc) is 2.63. The molecule has 7 rings (SSSR count). The van der Waals surface area contributed by atoms with Crippen LogP contribution in [0.25, 0.3) is 0 Å². The molecule has 1 aromatic rings. The first-order chi connectivity index (χ1) is 15.8. The van der Waals surface area contributed by atoms with E-state index >= 15 is 4.39 Å². The molecule has 0 spiro atoms. The van der Waals surface area contributed by atoms with Crippen molar-refractivity contribution in [2.45, 2.75) is 70.1 Å². The highest BCUT2D eigenvalue weighted by molar-refractivity contribution is 7.89. The van der Waals surface area contributed by atoms with Crippen LogP contribution < -0.4 is 4.74 Å². The van der Waals surface area contributed by atoms with Crippen LogP contribution in [0.15, 0.2) is 12.1 Å². The summed E-state index contributed by atoms with van der Waals surface area (Å²) in [7, 11) is -3.67. The van der Waals surface area contributed by atoms with Crippen LogP contribution in [0.2, 0.25) is 0 Å². The van der Waals surface area contributed by atoms with Crippen LogP contribution in [-0.2, 0) is 10.0 Å².